The van der Waals surface area contributed by atoms with E-state index in [1.165, 1.54) is 23.1 Å². The maximum atomic E-state index is 13.1. The van der Waals surface area contributed by atoms with Crippen LogP contribution >= 0.6 is 18.7 Å². The fraction of sp³-hybridized carbons (Fsp3) is 0.312. The normalized spacial score (nSPS) is 11.4. The summed E-state index contributed by atoms with van der Waals surface area (Å²) in [5.41, 5.74) is 3.24. The van der Waals surface area contributed by atoms with Crippen molar-refractivity contribution in [3.63, 3.8) is 0 Å². The Morgan fingerprint density at radius 1 is 1.07 bits per heavy atom. The smallest absolute Gasteiger partial charge is 0.250 e. The average Bonchev–Trinajstić information content (AvgIpc) is 2.98. The van der Waals surface area contributed by atoms with Crippen LogP contribution in [0.2, 0.25) is 0 Å². The molecule has 240 valence electrons. The Bertz CT molecular complexity index is 1620. The monoisotopic (exact) mass is 653 g/mol. The summed E-state index contributed by atoms with van der Waals surface area (Å²) in [6, 6.07) is 11.0. The lowest BCUT2D eigenvalue weighted by molar-refractivity contribution is -0.114. The second-order valence-corrected chi connectivity index (χ2v) is 14.5. The van der Waals surface area contributed by atoms with Gasteiger partial charge in [-0.1, -0.05) is 24.8 Å². The van der Waals surface area contributed by atoms with E-state index in [0.29, 0.717) is 40.9 Å². The fourth-order valence-electron chi connectivity index (χ4n) is 4.41. The average molecular weight is 654 g/mol. The van der Waals surface area contributed by atoms with Crippen LogP contribution in [0.4, 0.5) is 34.5 Å². The zero-order valence-corrected chi connectivity index (χ0v) is 28.4. The molecule has 0 atom stereocenters. The van der Waals surface area contributed by atoms with Crippen molar-refractivity contribution in [3.8, 4) is 5.75 Å². The van der Waals surface area contributed by atoms with Gasteiger partial charge in [-0.05, 0) is 76.3 Å². The standard InChI is InChI=1S/C32H41ClN7O4P/c1-9-30(42)40(16-12-15-29(33)41)26-19-24(27(44-6)20-25(26)39(5)18-17-38(3)4)36-32-34-21-22(2)31(37-32)35-23-13-10-11-14-28(23)45(7,8)43/h9-15,19-21H,1,16-18H2,2-8H3,(H2,34,35,36,37)/b15-12+. The molecular formula is C32H41ClN7O4P. The summed E-state index contributed by atoms with van der Waals surface area (Å²) in [5.74, 6) is 0.918. The molecule has 2 N–H and O–H groups in total. The number of anilines is 6. The molecule has 0 aliphatic carbocycles. The summed E-state index contributed by atoms with van der Waals surface area (Å²) in [5, 5.41) is 6.63. The number of hydrogen-bond donors (Lipinski definition) is 2. The maximum absolute atomic E-state index is 13.1. The lowest BCUT2D eigenvalue weighted by Crippen LogP contribution is -2.33. The van der Waals surface area contributed by atoms with Gasteiger partial charge in [0.1, 0.15) is 18.7 Å². The van der Waals surface area contributed by atoms with Gasteiger partial charge in [0.05, 0.1) is 29.9 Å². The summed E-state index contributed by atoms with van der Waals surface area (Å²) < 4.78 is 18.7. The molecule has 0 saturated carbocycles. The molecule has 0 unspecified atom stereocenters. The van der Waals surface area contributed by atoms with E-state index in [2.05, 4.69) is 27.1 Å². The second-order valence-electron chi connectivity index (χ2n) is 11.0. The SMILES string of the molecule is C=CC(=O)N(C/C=C/C(=O)Cl)c1cc(Nc2ncc(C)c(Nc3ccccc3P(C)(C)=O)n2)c(OC)cc1N(C)CCN(C)C. The third kappa shape index (κ3) is 9.65. The maximum Gasteiger partial charge on any atom is 0.250 e. The number of amides is 1. The van der Waals surface area contributed by atoms with Crippen molar-refractivity contribution in [1.82, 2.24) is 14.9 Å². The molecular weight excluding hydrogens is 613 g/mol. The fourth-order valence-corrected chi connectivity index (χ4v) is 5.66. The minimum absolute atomic E-state index is 0.0663. The Labute approximate surface area is 270 Å². The number of ether oxygens (including phenoxy) is 1. The number of nitrogens with one attached hydrogen (secondary N) is 2. The number of methoxy groups -OCH3 is 1. The first-order valence-corrected chi connectivity index (χ1v) is 17.1. The van der Waals surface area contributed by atoms with E-state index >= 15 is 0 Å². The molecule has 3 aromatic rings. The van der Waals surface area contributed by atoms with Crippen molar-refractivity contribution in [2.24, 2.45) is 0 Å². The molecule has 0 bridgehead atoms. The topological polar surface area (TPSA) is 120 Å². The zero-order valence-electron chi connectivity index (χ0n) is 26.8. The van der Waals surface area contributed by atoms with Gasteiger partial charge in [-0.25, -0.2) is 4.98 Å². The summed E-state index contributed by atoms with van der Waals surface area (Å²) in [4.78, 5) is 39.3. The lowest BCUT2D eigenvalue weighted by Gasteiger charge is -2.30. The molecule has 1 heterocycles. The third-order valence-electron chi connectivity index (χ3n) is 6.81. The van der Waals surface area contributed by atoms with Crippen LogP contribution in [-0.4, -0.2) is 87.2 Å². The molecule has 13 heteroatoms. The Kier molecular flexibility index (Phi) is 12.3. The number of carbonyl (C=O) groups is 2. The van der Waals surface area contributed by atoms with Crippen molar-refractivity contribution < 1.29 is 18.9 Å². The highest BCUT2D eigenvalue weighted by atomic mass is 35.5. The number of likely N-dealkylation sites (N-methyl/N-ethyl adjacent to an activating group) is 2. The molecule has 45 heavy (non-hydrogen) atoms. The highest BCUT2D eigenvalue weighted by Gasteiger charge is 2.23. The predicted octanol–water partition coefficient (Wildman–Crippen LogP) is 5.37. The predicted molar refractivity (Wildman–Crippen MR) is 186 cm³/mol. The van der Waals surface area contributed by atoms with Crippen molar-refractivity contribution in [3.05, 3.63) is 73.0 Å². The molecule has 0 aliphatic heterocycles. The molecule has 0 fully saturated rings. The van der Waals surface area contributed by atoms with Crippen molar-refractivity contribution >= 4 is 69.7 Å². The van der Waals surface area contributed by atoms with Gasteiger partial charge in [-0.3, -0.25) is 9.59 Å². The second kappa shape index (κ2) is 15.7. The minimum Gasteiger partial charge on any atom is -0.494 e. The van der Waals surface area contributed by atoms with Crippen LogP contribution in [0, 0.1) is 6.92 Å². The van der Waals surface area contributed by atoms with E-state index < -0.39 is 12.4 Å². The molecule has 1 amide bonds. The molecule has 0 spiro atoms. The van der Waals surface area contributed by atoms with Crippen molar-refractivity contribution in [1.29, 1.82) is 0 Å². The number of rotatable bonds is 15. The highest BCUT2D eigenvalue weighted by Crippen LogP contribution is 2.41. The highest BCUT2D eigenvalue weighted by molar-refractivity contribution is 7.70. The Balaban J connectivity index is 2.11. The Morgan fingerprint density at radius 2 is 1.78 bits per heavy atom. The zero-order chi connectivity index (χ0) is 33.3. The number of nitrogens with zero attached hydrogens (tertiary/aromatic N) is 5. The number of halogens is 1. The molecule has 3 rings (SSSR count). The molecule has 2 aromatic carbocycles. The van der Waals surface area contributed by atoms with E-state index in [-0.39, 0.29) is 18.4 Å². The number of hydrogen-bond acceptors (Lipinski definition) is 10. The quantitative estimate of drug-likeness (QED) is 0.126. The van der Waals surface area contributed by atoms with Gasteiger partial charge in [0, 0.05) is 49.8 Å². The van der Waals surface area contributed by atoms with E-state index in [1.54, 1.807) is 32.7 Å². The summed E-state index contributed by atoms with van der Waals surface area (Å²) in [6.07, 6.45) is 5.60. The van der Waals surface area contributed by atoms with Gasteiger partial charge in [-0.15, -0.1) is 0 Å². The number of benzene rings is 2. The number of allylic oxidation sites excluding steroid dienone is 1. The van der Waals surface area contributed by atoms with E-state index in [9.17, 15) is 14.2 Å². The van der Waals surface area contributed by atoms with Crippen LogP contribution in [0.25, 0.3) is 0 Å². The molecule has 0 radical (unpaired) electrons. The van der Waals surface area contributed by atoms with Gasteiger partial charge in [0.25, 0.3) is 5.91 Å². The van der Waals surface area contributed by atoms with Gasteiger partial charge in [0.2, 0.25) is 11.2 Å². The lowest BCUT2D eigenvalue weighted by atomic mass is 10.1. The van der Waals surface area contributed by atoms with Crippen molar-refractivity contribution in [2.75, 3.05) is 81.7 Å². The molecule has 0 saturated heterocycles. The molecule has 11 nitrogen and oxygen atoms in total. The number of para-hydroxylation sites is 1. The van der Waals surface area contributed by atoms with Crippen molar-refractivity contribution in [2.45, 2.75) is 6.92 Å². The van der Waals surface area contributed by atoms with Crippen LogP contribution in [0.3, 0.4) is 0 Å². The van der Waals surface area contributed by atoms with E-state index in [1.807, 2.05) is 63.3 Å². The van der Waals surface area contributed by atoms with Gasteiger partial charge < -0.3 is 34.6 Å². The minimum atomic E-state index is -2.56. The first-order valence-electron chi connectivity index (χ1n) is 14.1. The molecule has 1 aromatic heterocycles. The van der Waals surface area contributed by atoms with Crippen LogP contribution in [0.1, 0.15) is 5.56 Å². The number of carbonyl (C=O) groups excluding carboxylic acids is 2. The van der Waals surface area contributed by atoms with E-state index in [4.69, 9.17) is 21.3 Å². The van der Waals surface area contributed by atoms with Crippen LogP contribution in [-0.2, 0) is 14.2 Å². The van der Waals surface area contributed by atoms with Crippen LogP contribution < -0.4 is 30.5 Å². The van der Waals surface area contributed by atoms with Crippen LogP contribution in [0.5, 0.6) is 5.75 Å². The third-order valence-corrected chi connectivity index (χ3v) is 8.49. The van der Waals surface area contributed by atoms with E-state index in [0.717, 1.165) is 17.4 Å². The largest absolute Gasteiger partial charge is 0.494 e. The number of aromatic nitrogens is 2. The summed E-state index contributed by atoms with van der Waals surface area (Å²) in [6.45, 7) is 10.5. The van der Waals surface area contributed by atoms with Gasteiger partial charge in [-0.2, -0.15) is 4.98 Å². The first kappa shape index (κ1) is 35.3. The summed E-state index contributed by atoms with van der Waals surface area (Å²) >= 11 is 5.51. The van der Waals surface area contributed by atoms with Gasteiger partial charge in [0.15, 0.2) is 0 Å². The van der Waals surface area contributed by atoms with Gasteiger partial charge >= 0.3 is 0 Å². The Hall–Kier alpha value is -4.18. The molecule has 0 aliphatic rings. The Morgan fingerprint density at radius 3 is 2.40 bits per heavy atom. The number of aryl methyl sites for hydroxylation is 1. The summed E-state index contributed by atoms with van der Waals surface area (Å²) in [7, 11) is 4.88. The first-order chi connectivity index (χ1) is 21.2. The van der Waals surface area contributed by atoms with Crippen LogP contribution in [0.15, 0.2) is 67.4 Å².